The largest absolute Gasteiger partial charge is 0.480 e. The summed E-state index contributed by atoms with van der Waals surface area (Å²) in [6.45, 7) is 0.381. The number of hydrogen-bond acceptors (Lipinski definition) is 6. The SMILES string of the molecule is O=C(O)[C@@H]1C[C@H]2CCCC[C@H]2N1Cc1nc(-c2ccco2)no1. The zero-order valence-corrected chi connectivity index (χ0v) is 12.7. The number of carboxylic acids is 1. The molecule has 0 spiro atoms. The van der Waals surface area contributed by atoms with Crippen molar-refractivity contribution in [2.24, 2.45) is 5.92 Å². The topological polar surface area (TPSA) is 92.6 Å². The van der Waals surface area contributed by atoms with E-state index in [2.05, 4.69) is 10.1 Å². The summed E-state index contributed by atoms with van der Waals surface area (Å²) in [7, 11) is 0. The molecule has 1 aliphatic heterocycles. The van der Waals surface area contributed by atoms with Crippen LogP contribution in [-0.2, 0) is 11.3 Å². The van der Waals surface area contributed by atoms with Crippen LogP contribution in [0.1, 0.15) is 38.0 Å². The van der Waals surface area contributed by atoms with E-state index in [0.29, 0.717) is 36.0 Å². The molecule has 2 fully saturated rings. The van der Waals surface area contributed by atoms with Crippen LogP contribution < -0.4 is 0 Å². The average Bonchev–Trinajstić information content (AvgIpc) is 3.26. The molecule has 0 bridgehead atoms. The van der Waals surface area contributed by atoms with Gasteiger partial charge in [0.25, 0.3) is 0 Å². The molecule has 3 atom stereocenters. The summed E-state index contributed by atoms with van der Waals surface area (Å²) < 4.78 is 10.6. The molecule has 0 unspecified atom stereocenters. The minimum atomic E-state index is -0.759. The Morgan fingerprint density at radius 2 is 2.26 bits per heavy atom. The van der Waals surface area contributed by atoms with Gasteiger partial charge in [0.1, 0.15) is 6.04 Å². The monoisotopic (exact) mass is 317 g/mol. The zero-order valence-electron chi connectivity index (χ0n) is 12.7. The standard InChI is InChI=1S/C16H19N3O4/c20-16(21)12-8-10-4-1-2-5-11(10)19(12)9-14-17-15(18-23-14)13-6-3-7-22-13/h3,6-7,10-12H,1-2,4-5,8-9H2,(H,20,21)/t10-,11-,12+/m1/s1. The fraction of sp³-hybridized carbons (Fsp3) is 0.562. The first-order chi connectivity index (χ1) is 11.2. The van der Waals surface area contributed by atoms with Gasteiger partial charge in [0.05, 0.1) is 12.8 Å². The lowest BCUT2D eigenvalue weighted by Gasteiger charge is -2.31. The van der Waals surface area contributed by atoms with Crippen LogP contribution >= 0.6 is 0 Å². The molecule has 1 saturated carbocycles. The number of carboxylic acid groups (broad SMARTS) is 1. The Morgan fingerprint density at radius 3 is 3.04 bits per heavy atom. The van der Waals surface area contributed by atoms with E-state index < -0.39 is 12.0 Å². The fourth-order valence-corrected chi connectivity index (χ4v) is 4.00. The van der Waals surface area contributed by atoms with Crippen LogP contribution in [0.25, 0.3) is 11.6 Å². The minimum Gasteiger partial charge on any atom is -0.480 e. The van der Waals surface area contributed by atoms with Crippen LogP contribution in [0.2, 0.25) is 0 Å². The lowest BCUT2D eigenvalue weighted by atomic mass is 9.85. The Hall–Kier alpha value is -2.15. The number of carbonyl (C=O) groups is 1. The van der Waals surface area contributed by atoms with Gasteiger partial charge in [0.15, 0.2) is 5.76 Å². The lowest BCUT2D eigenvalue weighted by Crippen LogP contribution is -2.41. The molecule has 122 valence electrons. The molecule has 7 nitrogen and oxygen atoms in total. The van der Waals surface area contributed by atoms with E-state index >= 15 is 0 Å². The van der Waals surface area contributed by atoms with Gasteiger partial charge in [0.2, 0.25) is 11.7 Å². The van der Waals surface area contributed by atoms with Gasteiger partial charge >= 0.3 is 5.97 Å². The van der Waals surface area contributed by atoms with Crippen molar-refractivity contribution in [2.45, 2.75) is 50.7 Å². The van der Waals surface area contributed by atoms with E-state index in [9.17, 15) is 9.90 Å². The molecule has 23 heavy (non-hydrogen) atoms. The summed E-state index contributed by atoms with van der Waals surface area (Å²) in [5.41, 5.74) is 0. The van der Waals surface area contributed by atoms with Crippen molar-refractivity contribution < 1.29 is 18.8 Å². The van der Waals surface area contributed by atoms with Crippen molar-refractivity contribution in [1.82, 2.24) is 15.0 Å². The van der Waals surface area contributed by atoms with Gasteiger partial charge in [-0.15, -0.1) is 0 Å². The number of aromatic nitrogens is 2. The Bertz CT molecular complexity index is 681. The number of hydrogen-bond donors (Lipinski definition) is 1. The molecule has 2 aromatic rings. The van der Waals surface area contributed by atoms with E-state index in [-0.39, 0.29) is 0 Å². The summed E-state index contributed by atoms with van der Waals surface area (Å²) in [6, 6.07) is 3.38. The van der Waals surface area contributed by atoms with E-state index in [1.54, 1.807) is 18.4 Å². The second-order valence-electron chi connectivity index (χ2n) is 6.36. The van der Waals surface area contributed by atoms with E-state index in [0.717, 1.165) is 25.7 Å². The van der Waals surface area contributed by atoms with Gasteiger partial charge in [-0.1, -0.05) is 18.0 Å². The van der Waals surface area contributed by atoms with Gasteiger partial charge in [-0.2, -0.15) is 4.98 Å². The van der Waals surface area contributed by atoms with Gasteiger partial charge in [0, 0.05) is 6.04 Å². The summed E-state index contributed by atoms with van der Waals surface area (Å²) >= 11 is 0. The minimum absolute atomic E-state index is 0.309. The molecule has 2 aromatic heterocycles. The highest BCUT2D eigenvalue weighted by Gasteiger charge is 2.45. The molecule has 4 rings (SSSR count). The molecule has 7 heteroatoms. The number of rotatable bonds is 4. The lowest BCUT2D eigenvalue weighted by molar-refractivity contribution is -0.143. The second-order valence-corrected chi connectivity index (χ2v) is 6.36. The molecular weight excluding hydrogens is 298 g/mol. The van der Waals surface area contributed by atoms with E-state index in [1.165, 1.54) is 6.42 Å². The maximum absolute atomic E-state index is 11.6. The first-order valence-corrected chi connectivity index (χ1v) is 8.07. The molecule has 0 aromatic carbocycles. The van der Waals surface area contributed by atoms with Gasteiger partial charge in [-0.25, -0.2) is 0 Å². The third kappa shape index (κ3) is 2.65. The van der Waals surface area contributed by atoms with Crippen LogP contribution in [0.3, 0.4) is 0 Å². The summed E-state index contributed by atoms with van der Waals surface area (Å²) in [4.78, 5) is 18.0. The van der Waals surface area contributed by atoms with Crippen LogP contribution in [0.5, 0.6) is 0 Å². The Balaban J connectivity index is 1.55. The van der Waals surface area contributed by atoms with Crippen LogP contribution in [-0.4, -0.2) is 38.2 Å². The maximum Gasteiger partial charge on any atom is 0.320 e. The Kier molecular flexibility index (Phi) is 3.65. The van der Waals surface area contributed by atoms with Crippen molar-refractivity contribution in [2.75, 3.05) is 0 Å². The predicted molar refractivity (Wildman–Crippen MR) is 79.3 cm³/mol. The highest BCUT2D eigenvalue weighted by atomic mass is 16.5. The van der Waals surface area contributed by atoms with Crippen molar-refractivity contribution in [3.63, 3.8) is 0 Å². The third-order valence-electron chi connectivity index (χ3n) is 5.03. The zero-order chi connectivity index (χ0) is 15.8. The summed E-state index contributed by atoms with van der Waals surface area (Å²) in [5.74, 6) is 1.10. The van der Waals surface area contributed by atoms with Gasteiger partial charge in [-0.05, 0) is 37.3 Å². The Labute approximate surface area is 133 Å². The van der Waals surface area contributed by atoms with Crippen molar-refractivity contribution in [3.05, 3.63) is 24.3 Å². The normalized spacial score (nSPS) is 27.9. The second kappa shape index (κ2) is 5.81. The fourth-order valence-electron chi connectivity index (χ4n) is 4.00. The molecule has 3 heterocycles. The van der Waals surface area contributed by atoms with Crippen molar-refractivity contribution >= 4 is 5.97 Å². The van der Waals surface area contributed by atoms with Gasteiger partial charge in [-0.3, -0.25) is 9.69 Å². The number of fused-ring (bicyclic) bond motifs is 1. The number of likely N-dealkylation sites (tertiary alicyclic amines) is 1. The first-order valence-electron chi connectivity index (χ1n) is 8.07. The first kappa shape index (κ1) is 14.4. The molecule has 0 radical (unpaired) electrons. The molecule has 1 saturated heterocycles. The Morgan fingerprint density at radius 1 is 1.39 bits per heavy atom. The summed E-state index contributed by atoms with van der Waals surface area (Å²) in [5, 5.41) is 13.5. The number of furan rings is 1. The van der Waals surface area contributed by atoms with Crippen LogP contribution in [0, 0.1) is 5.92 Å². The predicted octanol–water partition coefficient (Wildman–Crippen LogP) is 2.55. The average molecular weight is 317 g/mol. The van der Waals surface area contributed by atoms with E-state index in [1.807, 2.05) is 4.90 Å². The van der Waals surface area contributed by atoms with Gasteiger partial charge < -0.3 is 14.0 Å². The van der Waals surface area contributed by atoms with Crippen molar-refractivity contribution in [3.8, 4) is 11.6 Å². The van der Waals surface area contributed by atoms with Crippen LogP contribution in [0.4, 0.5) is 0 Å². The van der Waals surface area contributed by atoms with E-state index in [4.69, 9.17) is 8.94 Å². The molecule has 2 aliphatic rings. The third-order valence-corrected chi connectivity index (χ3v) is 5.03. The highest BCUT2D eigenvalue weighted by molar-refractivity contribution is 5.74. The molecule has 0 amide bonds. The summed E-state index contributed by atoms with van der Waals surface area (Å²) in [6.07, 6.45) is 6.80. The van der Waals surface area contributed by atoms with Crippen LogP contribution in [0.15, 0.2) is 27.3 Å². The molecule has 1 N–H and O–H groups in total. The quantitative estimate of drug-likeness (QED) is 0.926. The maximum atomic E-state index is 11.6. The molecule has 1 aliphatic carbocycles. The smallest absolute Gasteiger partial charge is 0.320 e. The van der Waals surface area contributed by atoms with Crippen molar-refractivity contribution in [1.29, 1.82) is 0 Å². The molecular formula is C16H19N3O4. The highest BCUT2D eigenvalue weighted by Crippen LogP contribution is 2.40. The number of nitrogens with zero attached hydrogens (tertiary/aromatic N) is 3. The number of aliphatic carboxylic acids is 1.